The minimum Gasteiger partial charge on any atom is -0.381 e. The summed E-state index contributed by atoms with van der Waals surface area (Å²) in [5, 5.41) is 7.07. The van der Waals surface area contributed by atoms with Crippen LogP contribution in [-0.4, -0.2) is 27.5 Å². The number of hydrogen-bond donors (Lipinski definition) is 2. The fraction of sp³-hybridized carbons (Fsp3) is 0.400. The average molecular weight is 374 g/mol. The largest absolute Gasteiger partial charge is 0.381 e. The smallest absolute Gasteiger partial charge is 0.206 e. The van der Waals surface area contributed by atoms with Gasteiger partial charge in [-0.1, -0.05) is 19.9 Å². The highest BCUT2D eigenvalue weighted by molar-refractivity contribution is 7.91. The SMILES string of the molecule is CC1CNCC(C)[C@@H]2Nc3ccc(S(=O)(=O)c4cccc(F)c4)cc3[C@H]12. The quantitative estimate of drug-likeness (QED) is 0.846. The summed E-state index contributed by atoms with van der Waals surface area (Å²) >= 11 is 0. The van der Waals surface area contributed by atoms with Gasteiger partial charge < -0.3 is 10.6 Å². The van der Waals surface area contributed by atoms with Crippen molar-refractivity contribution in [1.29, 1.82) is 0 Å². The first kappa shape index (κ1) is 17.5. The van der Waals surface area contributed by atoms with Crippen LogP contribution in [0.3, 0.4) is 0 Å². The van der Waals surface area contributed by atoms with E-state index in [2.05, 4.69) is 24.5 Å². The molecule has 2 N–H and O–H groups in total. The molecule has 0 spiro atoms. The summed E-state index contributed by atoms with van der Waals surface area (Å²) in [6.07, 6.45) is 0. The Balaban J connectivity index is 1.78. The van der Waals surface area contributed by atoms with E-state index in [1.165, 1.54) is 18.2 Å². The maximum atomic E-state index is 13.5. The van der Waals surface area contributed by atoms with Crippen molar-refractivity contribution in [3.05, 3.63) is 53.8 Å². The molecule has 0 amide bonds. The molecule has 2 aromatic rings. The van der Waals surface area contributed by atoms with Crippen LogP contribution in [0, 0.1) is 17.7 Å². The third-order valence-electron chi connectivity index (χ3n) is 5.67. The van der Waals surface area contributed by atoms with Crippen LogP contribution in [-0.2, 0) is 9.84 Å². The highest BCUT2D eigenvalue weighted by Crippen LogP contribution is 2.45. The summed E-state index contributed by atoms with van der Waals surface area (Å²) in [6.45, 7) is 6.27. The lowest BCUT2D eigenvalue weighted by Crippen LogP contribution is -2.32. The van der Waals surface area contributed by atoms with Crippen LogP contribution in [0.5, 0.6) is 0 Å². The molecule has 0 radical (unpaired) electrons. The molecule has 6 heteroatoms. The maximum Gasteiger partial charge on any atom is 0.206 e. The van der Waals surface area contributed by atoms with E-state index in [1.54, 1.807) is 12.1 Å². The lowest BCUT2D eigenvalue weighted by molar-refractivity contribution is 0.402. The molecule has 4 nitrogen and oxygen atoms in total. The van der Waals surface area contributed by atoms with Gasteiger partial charge in [0.15, 0.2) is 0 Å². The standard InChI is InChI=1S/C20H23FN2O2S/c1-12-10-22-11-13(2)20-19(12)17-9-16(6-7-18(17)23-20)26(24,25)15-5-3-4-14(21)8-15/h3-9,12-13,19-20,22-23H,10-11H2,1-2H3/t12?,13?,19-,20-/m0/s1. The number of rotatable bonds is 2. The molecule has 0 saturated carbocycles. The van der Waals surface area contributed by atoms with Gasteiger partial charge in [-0.3, -0.25) is 0 Å². The molecule has 0 aliphatic carbocycles. The van der Waals surface area contributed by atoms with Gasteiger partial charge >= 0.3 is 0 Å². The summed E-state index contributed by atoms with van der Waals surface area (Å²) < 4.78 is 39.4. The Morgan fingerprint density at radius 3 is 2.50 bits per heavy atom. The molecule has 2 heterocycles. The van der Waals surface area contributed by atoms with E-state index < -0.39 is 15.7 Å². The van der Waals surface area contributed by atoms with E-state index in [0.29, 0.717) is 17.9 Å². The number of hydrogen-bond acceptors (Lipinski definition) is 4. The molecule has 0 aromatic heterocycles. The topological polar surface area (TPSA) is 58.2 Å². The van der Waals surface area contributed by atoms with Crippen molar-refractivity contribution in [2.45, 2.75) is 35.6 Å². The summed E-state index contributed by atoms with van der Waals surface area (Å²) in [6, 6.07) is 10.7. The second kappa shape index (κ2) is 6.35. The predicted octanol–water partition coefficient (Wildman–Crippen LogP) is 3.41. The molecular formula is C20H23FN2O2S. The Hall–Kier alpha value is -1.92. The molecular weight excluding hydrogens is 351 g/mol. The van der Waals surface area contributed by atoms with Gasteiger partial charge in [-0.2, -0.15) is 0 Å². The average Bonchev–Trinajstić information content (AvgIpc) is 2.94. The second-order valence-electron chi connectivity index (χ2n) is 7.52. The van der Waals surface area contributed by atoms with Crippen LogP contribution in [0.4, 0.5) is 10.1 Å². The molecule has 1 saturated heterocycles. The van der Waals surface area contributed by atoms with Gasteiger partial charge in [-0.05, 0) is 66.9 Å². The van der Waals surface area contributed by atoms with Gasteiger partial charge in [0.25, 0.3) is 0 Å². The van der Waals surface area contributed by atoms with Gasteiger partial charge in [0.1, 0.15) is 5.82 Å². The maximum absolute atomic E-state index is 13.5. The van der Waals surface area contributed by atoms with Crippen molar-refractivity contribution in [2.24, 2.45) is 11.8 Å². The molecule has 138 valence electrons. The highest BCUT2D eigenvalue weighted by Gasteiger charge is 2.40. The molecule has 4 rings (SSSR count). The Bertz CT molecular complexity index is 945. The summed E-state index contributed by atoms with van der Waals surface area (Å²) in [4.78, 5) is 0.213. The summed E-state index contributed by atoms with van der Waals surface area (Å²) in [7, 11) is -3.74. The monoisotopic (exact) mass is 374 g/mol. The van der Waals surface area contributed by atoms with Crippen molar-refractivity contribution < 1.29 is 12.8 Å². The normalized spacial score (nSPS) is 28.0. The first-order valence-corrected chi connectivity index (χ1v) is 10.5. The number of nitrogens with one attached hydrogen (secondary N) is 2. The first-order valence-electron chi connectivity index (χ1n) is 9.00. The minimum absolute atomic E-state index is 0.0103. The second-order valence-corrected chi connectivity index (χ2v) is 9.47. The van der Waals surface area contributed by atoms with Gasteiger partial charge in [0.05, 0.1) is 9.79 Å². The van der Waals surface area contributed by atoms with Gasteiger partial charge in [-0.25, -0.2) is 12.8 Å². The Kier molecular flexibility index (Phi) is 4.28. The molecule has 2 aliphatic rings. The number of anilines is 1. The number of sulfone groups is 1. The van der Waals surface area contributed by atoms with Crippen molar-refractivity contribution >= 4 is 15.5 Å². The van der Waals surface area contributed by atoms with Crippen LogP contribution in [0.15, 0.2) is 52.3 Å². The molecule has 1 fully saturated rings. The van der Waals surface area contributed by atoms with Crippen LogP contribution in [0.25, 0.3) is 0 Å². The van der Waals surface area contributed by atoms with Gasteiger partial charge in [0, 0.05) is 17.6 Å². The van der Waals surface area contributed by atoms with E-state index in [9.17, 15) is 12.8 Å². The van der Waals surface area contributed by atoms with Crippen LogP contribution < -0.4 is 10.6 Å². The Labute approximate surface area is 153 Å². The number of benzene rings is 2. The third kappa shape index (κ3) is 2.81. The van der Waals surface area contributed by atoms with Crippen molar-refractivity contribution in [1.82, 2.24) is 5.32 Å². The molecule has 2 aromatic carbocycles. The fourth-order valence-corrected chi connectivity index (χ4v) is 5.62. The van der Waals surface area contributed by atoms with E-state index in [1.807, 2.05) is 6.07 Å². The van der Waals surface area contributed by atoms with E-state index in [-0.39, 0.29) is 15.7 Å². The fourth-order valence-electron chi connectivity index (χ4n) is 4.30. The van der Waals surface area contributed by atoms with Gasteiger partial charge in [-0.15, -0.1) is 0 Å². The highest BCUT2D eigenvalue weighted by atomic mass is 32.2. The van der Waals surface area contributed by atoms with E-state index in [4.69, 9.17) is 0 Å². The summed E-state index contributed by atoms with van der Waals surface area (Å²) in [5.74, 6) is 0.551. The predicted molar refractivity (Wildman–Crippen MR) is 99.6 cm³/mol. The van der Waals surface area contributed by atoms with Crippen molar-refractivity contribution in [2.75, 3.05) is 18.4 Å². The Morgan fingerprint density at radius 1 is 1.00 bits per heavy atom. The lowest BCUT2D eigenvalue weighted by Gasteiger charge is -2.26. The van der Waals surface area contributed by atoms with Crippen molar-refractivity contribution in [3.63, 3.8) is 0 Å². The molecule has 2 aliphatic heterocycles. The minimum atomic E-state index is -3.74. The van der Waals surface area contributed by atoms with Crippen LogP contribution in [0.1, 0.15) is 25.3 Å². The van der Waals surface area contributed by atoms with E-state index in [0.717, 1.165) is 30.4 Å². The first-order chi connectivity index (χ1) is 12.4. The molecule has 0 bridgehead atoms. The lowest BCUT2D eigenvalue weighted by atomic mass is 9.81. The zero-order valence-corrected chi connectivity index (χ0v) is 15.7. The Morgan fingerprint density at radius 2 is 1.73 bits per heavy atom. The molecule has 26 heavy (non-hydrogen) atoms. The molecule has 2 unspecified atom stereocenters. The zero-order chi connectivity index (χ0) is 18.5. The third-order valence-corrected chi connectivity index (χ3v) is 7.42. The van der Waals surface area contributed by atoms with E-state index >= 15 is 0 Å². The number of halogens is 1. The molecule has 4 atom stereocenters. The zero-order valence-electron chi connectivity index (χ0n) is 14.9. The van der Waals surface area contributed by atoms with Crippen LogP contribution >= 0.6 is 0 Å². The number of fused-ring (bicyclic) bond motifs is 3. The van der Waals surface area contributed by atoms with Gasteiger partial charge in [0.2, 0.25) is 9.84 Å². The van der Waals surface area contributed by atoms with Crippen molar-refractivity contribution in [3.8, 4) is 0 Å². The summed E-state index contributed by atoms with van der Waals surface area (Å²) in [5.41, 5.74) is 2.06. The van der Waals surface area contributed by atoms with Crippen LogP contribution in [0.2, 0.25) is 0 Å².